The van der Waals surface area contributed by atoms with Gasteiger partial charge in [-0.25, -0.2) is 0 Å². The van der Waals surface area contributed by atoms with E-state index in [1.54, 1.807) is 0 Å². The molecule has 0 saturated carbocycles. The van der Waals surface area contributed by atoms with Crippen LogP contribution in [0, 0.1) is 0 Å². The molecule has 54 valence electrons. The lowest BCUT2D eigenvalue weighted by Crippen LogP contribution is -2.32. The Bertz CT molecular complexity index is 93.2. The van der Waals surface area contributed by atoms with Gasteiger partial charge in [0.25, 0.3) is 0 Å². The largest absolute Gasteiger partial charge is 0.346 e. The third kappa shape index (κ3) is 2.21. The standard InChI is InChI=1S/C6H13O2P/c1-6(2)7-4-9(3)5-8-6/h4-5H2,1-3H3. The van der Waals surface area contributed by atoms with E-state index < -0.39 is 0 Å². The van der Waals surface area contributed by atoms with Crippen molar-refractivity contribution in [1.82, 2.24) is 0 Å². The molecular formula is C6H13O2P. The summed E-state index contributed by atoms with van der Waals surface area (Å²) in [5, 5.41) is 0. The molecule has 1 fully saturated rings. The predicted molar refractivity (Wildman–Crippen MR) is 38.8 cm³/mol. The molecule has 0 unspecified atom stereocenters. The first kappa shape index (κ1) is 7.46. The third-order valence-corrected chi connectivity index (χ3v) is 2.40. The summed E-state index contributed by atoms with van der Waals surface area (Å²) in [7, 11) is 0.00547. The van der Waals surface area contributed by atoms with Crippen LogP contribution in [0.15, 0.2) is 0 Å². The van der Waals surface area contributed by atoms with Gasteiger partial charge in [-0.1, -0.05) is 7.92 Å². The number of hydrogen-bond acceptors (Lipinski definition) is 2. The molecule has 3 heteroatoms. The van der Waals surface area contributed by atoms with Crippen molar-refractivity contribution in [2.45, 2.75) is 19.6 Å². The normalized spacial score (nSPS) is 28.3. The molecular weight excluding hydrogens is 135 g/mol. The molecule has 0 spiro atoms. The van der Waals surface area contributed by atoms with Crippen molar-refractivity contribution in [3.8, 4) is 0 Å². The second kappa shape index (κ2) is 2.53. The highest BCUT2D eigenvalue weighted by molar-refractivity contribution is 7.56. The maximum absolute atomic E-state index is 5.38. The molecule has 1 saturated heterocycles. The van der Waals surface area contributed by atoms with Gasteiger partial charge in [-0.05, 0) is 20.5 Å². The van der Waals surface area contributed by atoms with Crippen molar-refractivity contribution >= 4 is 7.92 Å². The monoisotopic (exact) mass is 148 g/mol. The summed E-state index contributed by atoms with van der Waals surface area (Å²) in [6.45, 7) is 6.09. The molecule has 9 heavy (non-hydrogen) atoms. The molecule has 1 aliphatic heterocycles. The van der Waals surface area contributed by atoms with Crippen LogP contribution in [0.3, 0.4) is 0 Å². The van der Waals surface area contributed by atoms with E-state index >= 15 is 0 Å². The van der Waals surface area contributed by atoms with Gasteiger partial charge < -0.3 is 9.47 Å². The van der Waals surface area contributed by atoms with Crippen molar-refractivity contribution in [3.63, 3.8) is 0 Å². The van der Waals surface area contributed by atoms with E-state index in [1.807, 2.05) is 13.8 Å². The first-order valence-electron chi connectivity index (χ1n) is 3.07. The fourth-order valence-electron chi connectivity index (χ4n) is 0.610. The first-order chi connectivity index (χ1) is 4.10. The van der Waals surface area contributed by atoms with Gasteiger partial charge in [-0.3, -0.25) is 0 Å². The zero-order chi connectivity index (χ0) is 6.91. The Kier molecular flexibility index (Phi) is 2.10. The number of hydrogen-bond donors (Lipinski definition) is 0. The van der Waals surface area contributed by atoms with Crippen LogP contribution in [-0.4, -0.2) is 25.1 Å². The Morgan fingerprint density at radius 2 is 1.67 bits per heavy atom. The Labute approximate surface area is 57.3 Å². The number of ether oxygens (including phenoxy) is 2. The molecule has 0 aromatic rings. The first-order valence-corrected chi connectivity index (χ1v) is 5.22. The second-order valence-corrected chi connectivity index (χ2v) is 5.03. The molecule has 2 nitrogen and oxygen atoms in total. The van der Waals surface area contributed by atoms with E-state index in [2.05, 4.69) is 6.66 Å². The van der Waals surface area contributed by atoms with Crippen LogP contribution in [0.4, 0.5) is 0 Å². The fourth-order valence-corrected chi connectivity index (χ4v) is 1.75. The van der Waals surface area contributed by atoms with E-state index in [1.165, 1.54) is 0 Å². The highest BCUT2D eigenvalue weighted by Gasteiger charge is 2.25. The van der Waals surface area contributed by atoms with Crippen molar-refractivity contribution in [2.24, 2.45) is 0 Å². The maximum Gasteiger partial charge on any atom is 0.163 e. The van der Waals surface area contributed by atoms with Gasteiger partial charge in [0.05, 0.1) is 12.7 Å². The predicted octanol–water partition coefficient (Wildman–Crippen LogP) is 1.80. The van der Waals surface area contributed by atoms with Crippen LogP contribution < -0.4 is 0 Å². The maximum atomic E-state index is 5.38. The summed E-state index contributed by atoms with van der Waals surface area (Å²) in [5.41, 5.74) is 0. The highest BCUT2D eigenvalue weighted by Crippen LogP contribution is 2.38. The zero-order valence-electron chi connectivity index (χ0n) is 6.18. The van der Waals surface area contributed by atoms with Crippen LogP contribution in [0.5, 0.6) is 0 Å². The summed E-state index contributed by atoms with van der Waals surface area (Å²) in [6.07, 6.45) is 1.78. The topological polar surface area (TPSA) is 18.5 Å². The molecule has 1 aliphatic rings. The van der Waals surface area contributed by atoms with Gasteiger partial charge in [0, 0.05) is 0 Å². The Morgan fingerprint density at radius 1 is 1.22 bits per heavy atom. The van der Waals surface area contributed by atoms with Gasteiger partial charge in [-0.15, -0.1) is 0 Å². The third-order valence-electron chi connectivity index (χ3n) is 1.27. The fraction of sp³-hybridized carbons (Fsp3) is 1.00. The van der Waals surface area contributed by atoms with Crippen molar-refractivity contribution < 1.29 is 9.47 Å². The highest BCUT2D eigenvalue weighted by atomic mass is 31.1. The summed E-state index contributed by atoms with van der Waals surface area (Å²) in [6, 6.07) is 0. The van der Waals surface area contributed by atoms with Crippen LogP contribution in [-0.2, 0) is 9.47 Å². The van der Waals surface area contributed by atoms with Gasteiger partial charge in [0.2, 0.25) is 0 Å². The van der Waals surface area contributed by atoms with E-state index in [0.29, 0.717) is 0 Å². The second-order valence-electron chi connectivity index (χ2n) is 2.80. The zero-order valence-corrected chi connectivity index (χ0v) is 7.07. The Morgan fingerprint density at radius 3 is 2.00 bits per heavy atom. The summed E-state index contributed by atoms with van der Waals surface area (Å²) in [5.74, 6) is -0.325. The molecule has 0 aliphatic carbocycles. The summed E-state index contributed by atoms with van der Waals surface area (Å²) < 4.78 is 10.8. The van der Waals surface area contributed by atoms with Crippen LogP contribution in [0.25, 0.3) is 0 Å². The lowest BCUT2D eigenvalue weighted by molar-refractivity contribution is -0.201. The lowest BCUT2D eigenvalue weighted by Gasteiger charge is -2.33. The van der Waals surface area contributed by atoms with Gasteiger partial charge in [0.1, 0.15) is 0 Å². The Balaban J connectivity index is 2.35. The van der Waals surface area contributed by atoms with Gasteiger partial charge in [0.15, 0.2) is 5.79 Å². The molecule has 0 atom stereocenters. The molecule has 0 aromatic carbocycles. The molecule has 0 aromatic heterocycles. The lowest BCUT2D eigenvalue weighted by atomic mass is 10.4. The van der Waals surface area contributed by atoms with E-state index in [-0.39, 0.29) is 13.7 Å². The SMILES string of the molecule is CP1COC(C)(C)OC1. The van der Waals surface area contributed by atoms with E-state index in [4.69, 9.17) is 9.47 Å². The number of rotatable bonds is 0. The van der Waals surface area contributed by atoms with Crippen LogP contribution >= 0.6 is 7.92 Å². The van der Waals surface area contributed by atoms with E-state index in [9.17, 15) is 0 Å². The van der Waals surface area contributed by atoms with E-state index in [0.717, 1.165) is 12.7 Å². The summed E-state index contributed by atoms with van der Waals surface area (Å²) >= 11 is 0. The van der Waals surface area contributed by atoms with Crippen molar-refractivity contribution in [3.05, 3.63) is 0 Å². The van der Waals surface area contributed by atoms with Crippen LogP contribution in [0.2, 0.25) is 0 Å². The van der Waals surface area contributed by atoms with Crippen molar-refractivity contribution in [1.29, 1.82) is 0 Å². The average molecular weight is 148 g/mol. The molecule has 0 bridgehead atoms. The molecule has 1 rings (SSSR count). The minimum atomic E-state index is -0.325. The quantitative estimate of drug-likeness (QED) is 0.487. The minimum absolute atomic E-state index is 0.00547. The van der Waals surface area contributed by atoms with Crippen LogP contribution in [0.1, 0.15) is 13.8 Å². The molecule has 0 N–H and O–H groups in total. The smallest absolute Gasteiger partial charge is 0.163 e. The Hall–Kier alpha value is 0.350. The van der Waals surface area contributed by atoms with Gasteiger partial charge in [-0.2, -0.15) is 0 Å². The molecule has 1 heterocycles. The molecule has 0 radical (unpaired) electrons. The minimum Gasteiger partial charge on any atom is -0.346 e. The van der Waals surface area contributed by atoms with Crippen molar-refractivity contribution in [2.75, 3.05) is 19.4 Å². The molecule has 0 amide bonds. The van der Waals surface area contributed by atoms with Gasteiger partial charge >= 0.3 is 0 Å². The summed E-state index contributed by atoms with van der Waals surface area (Å²) in [4.78, 5) is 0. The average Bonchev–Trinajstić information content (AvgIpc) is 1.78.